The van der Waals surface area contributed by atoms with Crippen molar-refractivity contribution in [3.63, 3.8) is 0 Å². The van der Waals surface area contributed by atoms with E-state index in [1.165, 1.54) is 6.26 Å². The van der Waals surface area contributed by atoms with E-state index in [0.29, 0.717) is 16.5 Å². The molecule has 1 saturated heterocycles. The van der Waals surface area contributed by atoms with E-state index in [0.717, 1.165) is 19.5 Å². The van der Waals surface area contributed by atoms with E-state index in [4.69, 9.17) is 4.42 Å². The van der Waals surface area contributed by atoms with Crippen LogP contribution in [0.15, 0.2) is 22.8 Å². The van der Waals surface area contributed by atoms with E-state index >= 15 is 0 Å². The average Bonchev–Trinajstić information content (AvgIpc) is 2.74. The average molecular weight is 272 g/mol. The molecule has 1 aromatic heterocycles. The summed E-state index contributed by atoms with van der Waals surface area (Å²) in [5.41, 5.74) is 0. The number of piperidine rings is 1. The van der Waals surface area contributed by atoms with Crippen LogP contribution in [0.1, 0.15) is 23.9 Å². The number of likely N-dealkylation sites (tertiary alicyclic amines) is 1. The summed E-state index contributed by atoms with van der Waals surface area (Å²) >= 11 is 3.62. The molecule has 0 aromatic carbocycles. The number of hydrogen-bond donors (Lipinski definition) is 0. The standard InChI is InChI=1S/C11H14BrNO2/c1-8-7-13(5-4-9(8)12)11(14)10-3-2-6-15-10/h2-3,6,8-9H,4-5,7H2,1H3. The fourth-order valence-electron chi connectivity index (χ4n) is 1.86. The molecule has 2 heterocycles. The largest absolute Gasteiger partial charge is 0.459 e. The number of furan rings is 1. The Morgan fingerprint density at radius 3 is 3.07 bits per heavy atom. The van der Waals surface area contributed by atoms with Gasteiger partial charge < -0.3 is 9.32 Å². The summed E-state index contributed by atoms with van der Waals surface area (Å²) in [6.07, 6.45) is 2.54. The van der Waals surface area contributed by atoms with Crippen LogP contribution < -0.4 is 0 Å². The molecular formula is C11H14BrNO2. The first-order valence-electron chi connectivity index (χ1n) is 5.15. The van der Waals surface area contributed by atoms with Crippen LogP contribution in [-0.2, 0) is 0 Å². The van der Waals surface area contributed by atoms with Crippen molar-refractivity contribution in [2.24, 2.45) is 5.92 Å². The molecule has 1 fully saturated rings. The van der Waals surface area contributed by atoms with Gasteiger partial charge in [-0.1, -0.05) is 22.9 Å². The van der Waals surface area contributed by atoms with Crippen LogP contribution in [0.4, 0.5) is 0 Å². The highest BCUT2D eigenvalue weighted by molar-refractivity contribution is 9.09. The fourth-order valence-corrected chi connectivity index (χ4v) is 2.23. The number of hydrogen-bond acceptors (Lipinski definition) is 2. The van der Waals surface area contributed by atoms with Crippen LogP contribution in [-0.4, -0.2) is 28.7 Å². The van der Waals surface area contributed by atoms with Gasteiger partial charge in [-0.15, -0.1) is 0 Å². The van der Waals surface area contributed by atoms with Crippen LogP contribution in [0.3, 0.4) is 0 Å². The zero-order valence-corrected chi connectivity index (χ0v) is 10.2. The Labute approximate surface area is 97.6 Å². The van der Waals surface area contributed by atoms with Crippen molar-refractivity contribution < 1.29 is 9.21 Å². The van der Waals surface area contributed by atoms with Crippen molar-refractivity contribution in [1.82, 2.24) is 4.90 Å². The van der Waals surface area contributed by atoms with Crippen LogP contribution in [0.2, 0.25) is 0 Å². The van der Waals surface area contributed by atoms with Crippen LogP contribution in [0, 0.1) is 5.92 Å². The summed E-state index contributed by atoms with van der Waals surface area (Å²) in [6.45, 7) is 3.76. The van der Waals surface area contributed by atoms with Gasteiger partial charge in [0.1, 0.15) is 0 Å². The first-order valence-corrected chi connectivity index (χ1v) is 6.07. The van der Waals surface area contributed by atoms with Crippen molar-refractivity contribution in [2.75, 3.05) is 13.1 Å². The second-order valence-electron chi connectivity index (χ2n) is 4.01. The van der Waals surface area contributed by atoms with E-state index in [-0.39, 0.29) is 5.91 Å². The maximum atomic E-state index is 11.9. The number of amides is 1. The van der Waals surface area contributed by atoms with Crippen molar-refractivity contribution >= 4 is 21.8 Å². The van der Waals surface area contributed by atoms with Crippen molar-refractivity contribution in [2.45, 2.75) is 18.2 Å². The maximum Gasteiger partial charge on any atom is 0.289 e. The Morgan fingerprint density at radius 1 is 1.67 bits per heavy atom. The Kier molecular flexibility index (Phi) is 3.14. The molecule has 4 heteroatoms. The molecule has 2 rings (SSSR count). The quantitative estimate of drug-likeness (QED) is 0.736. The lowest BCUT2D eigenvalue weighted by atomic mass is 10.00. The number of nitrogens with zero attached hydrogens (tertiary/aromatic N) is 1. The van der Waals surface area contributed by atoms with Crippen LogP contribution in [0.5, 0.6) is 0 Å². The highest BCUT2D eigenvalue weighted by Crippen LogP contribution is 2.24. The number of alkyl halides is 1. The lowest BCUT2D eigenvalue weighted by Crippen LogP contribution is -2.43. The molecule has 0 radical (unpaired) electrons. The Bertz CT molecular complexity index is 336. The third-order valence-corrected chi connectivity index (χ3v) is 4.18. The molecule has 1 aromatic rings. The second-order valence-corrected chi connectivity index (χ2v) is 5.19. The van der Waals surface area contributed by atoms with Gasteiger partial charge in [0.2, 0.25) is 0 Å². The van der Waals surface area contributed by atoms with Gasteiger partial charge in [-0.3, -0.25) is 4.79 Å². The second kappa shape index (κ2) is 4.39. The maximum absolute atomic E-state index is 11.9. The monoisotopic (exact) mass is 271 g/mol. The van der Waals surface area contributed by atoms with Crippen LogP contribution >= 0.6 is 15.9 Å². The molecule has 0 bridgehead atoms. The SMILES string of the molecule is CC1CN(C(=O)c2ccco2)CCC1Br. The fraction of sp³-hybridized carbons (Fsp3) is 0.545. The van der Waals surface area contributed by atoms with Gasteiger partial charge in [0.25, 0.3) is 5.91 Å². The lowest BCUT2D eigenvalue weighted by molar-refractivity contribution is 0.0658. The van der Waals surface area contributed by atoms with Crippen molar-refractivity contribution in [3.8, 4) is 0 Å². The number of halogens is 1. The molecule has 2 unspecified atom stereocenters. The first-order chi connectivity index (χ1) is 7.18. The third kappa shape index (κ3) is 2.25. The molecule has 2 atom stereocenters. The highest BCUT2D eigenvalue weighted by Gasteiger charge is 2.28. The Hall–Kier alpha value is -0.770. The number of carbonyl (C=O) groups excluding carboxylic acids is 1. The normalized spacial score (nSPS) is 26.7. The van der Waals surface area contributed by atoms with Gasteiger partial charge in [0.05, 0.1) is 6.26 Å². The molecule has 1 aliphatic rings. The topological polar surface area (TPSA) is 33.5 Å². The van der Waals surface area contributed by atoms with E-state index < -0.39 is 0 Å². The summed E-state index contributed by atoms with van der Waals surface area (Å²) in [5.74, 6) is 0.944. The molecule has 3 nitrogen and oxygen atoms in total. The zero-order valence-electron chi connectivity index (χ0n) is 8.65. The minimum Gasteiger partial charge on any atom is -0.459 e. The Balaban J connectivity index is 2.03. The lowest BCUT2D eigenvalue weighted by Gasteiger charge is -2.33. The molecule has 0 N–H and O–H groups in total. The number of rotatable bonds is 1. The molecule has 15 heavy (non-hydrogen) atoms. The molecule has 1 amide bonds. The third-order valence-electron chi connectivity index (χ3n) is 2.82. The van der Waals surface area contributed by atoms with Crippen LogP contribution in [0.25, 0.3) is 0 Å². The van der Waals surface area contributed by atoms with E-state index in [2.05, 4.69) is 22.9 Å². The van der Waals surface area contributed by atoms with E-state index in [1.807, 2.05) is 4.90 Å². The Morgan fingerprint density at radius 2 is 2.47 bits per heavy atom. The smallest absolute Gasteiger partial charge is 0.289 e. The molecule has 0 aliphatic carbocycles. The molecule has 1 aliphatic heterocycles. The van der Waals surface area contributed by atoms with Gasteiger partial charge in [-0.05, 0) is 24.5 Å². The predicted molar refractivity (Wildman–Crippen MR) is 61.1 cm³/mol. The molecule has 0 spiro atoms. The van der Waals surface area contributed by atoms with Crippen molar-refractivity contribution in [3.05, 3.63) is 24.2 Å². The van der Waals surface area contributed by atoms with Crippen molar-refractivity contribution in [1.29, 1.82) is 0 Å². The van der Waals surface area contributed by atoms with Gasteiger partial charge >= 0.3 is 0 Å². The first kappa shape index (κ1) is 10.7. The van der Waals surface area contributed by atoms with Gasteiger partial charge in [-0.25, -0.2) is 0 Å². The number of carbonyl (C=O) groups is 1. The minimum absolute atomic E-state index is 0.00579. The summed E-state index contributed by atoms with van der Waals surface area (Å²) < 4.78 is 5.11. The van der Waals surface area contributed by atoms with Gasteiger partial charge in [-0.2, -0.15) is 0 Å². The summed E-state index contributed by atoms with van der Waals surface area (Å²) in [5, 5.41) is 0. The summed E-state index contributed by atoms with van der Waals surface area (Å²) in [6, 6.07) is 3.46. The predicted octanol–water partition coefficient (Wildman–Crippen LogP) is 2.53. The van der Waals surface area contributed by atoms with Gasteiger partial charge in [0.15, 0.2) is 5.76 Å². The van der Waals surface area contributed by atoms with E-state index in [1.54, 1.807) is 12.1 Å². The van der Waals surface area contributed by atoms with Gasteiger partial charge in [0, 0.05) is 17.9 Å². The summed E-state index contributed by atoms with van der Waals surface area (Å²) in [4.78, 5) is 14.3. The minimum atomic E-state index is 0.00579. The molecular weight excluding hydrogens is 258 g/mol. The molecule has 0 saturated carbocycles. The summed E-state index contributed by atoms with van der Waals surface area (Å²) in [7, 11) is 0. The highest BCUT2D eigenvalue weighted by atomic mass is 79.9. The van der Waals surface area contributed by atoms with E-state index in [9.17, 15) is 4.79 Å². The zero-order chi connectivity index (χ0) is 10.8. The molecule has 82 valence electrons.